The van der Waals surface area contributed by atoms with E-state index in [2.05, 4.69) is 20.5 Å². The molecule has 7 N–H and O–H groups in total. The minimum absolute atomic E-state index is 0.00804. The maximum Gasteiger partial charge on any atom is 0.335 e. The van der Waals surface area contributed by atoms with Crippen molar-refractivity contribution in [3.8, 4) is 5.75 Å². The van der Waals surface area contributed by atoms with Gasteiger partial charge < -0.3 is 21.1 Å². The lowest BCUT2D eigenvalue weighted by Gasteiger charge is -2.10. The summed E-state index contributed by atoms with van der Waals surface area (Å²) in [6.45, 7) is 0. The van der Waals surface area contributed by atoms with Crippen molar-refractivity contribution in [2.45, 2.75) is 9.79 Å². The molecule has 0 aromatic heterocycles. The van der Waals surface area contributed by atoms with Gasteiger partial charge >= 0.3 is 11.9 Å². The Labute approximate surface area is 258 Å². The van der Waals surface area contributed by atoms with Gasteiger partial charge in [0.2, 0.25) is 0 Å². The number of hydrogen-bond donors (Lipinski definition) is 6. The molecule has 0 radical (unpaired) electrons. The van der Waals surface area contributed by atoms with E-state index in [0.717, 1.165) is 36.4 Å². The fourth-order valence-corrected chi connectivity index (χ4v) is 5.58. The van der Waals surface area contributed by atoms with E-state index in [0.29, 0.717) is 0 Å². The Morgan fingerprint density at radius 3 is 1.83 bits per heavy atom. The van der Waals surface area contributed by atoms with Gasteiger partial charge in [-0.2, -0.15) is 21.9 Å². The van der Waals surface area contributed by atoms with Crippen LogP contribution in [-0.4, -0.2) is 53.2 Å². The number of carboxylic acid groups (broad SMARTS) is 2. The van der Waals surface area contributed by atoms with E-state index in [4.69, 9.17) is 5.73 Å². The fraction of sp³-hybridized carbons (Fsp3) is 0. The molecule has 0 aliphatic carbocycles. The van der Waals surface area contributed by atoms with Crippen molar-refractivity contribution >= 4 is 82.2 Å². The number of aromatic carboxylic acids is 2. The Hall–Kier alpha value is -5.82. The first-order chi connectivity index (χ1) is 21.5. The van der Waals surface area contributed by atoms with E-state index in [-0.39, 0.29) is 55.4 Å². The first-order valence-electron chi connectivity index (χ1n) is 12.5. The zero-order valence-electron chi connectivity index (χ0n) is 22.8. The number of phenolic OH excluding ortho intramolecular Hbond substituents is 1. The molecule has 5 aromatic carbocycles. The van der Waals surface area contributed by atoms with E-state index in [9.17, 15) is 50.8 Å². The van der Waals surface area contributed by atoms with Crippen molar-refractivity contribution in [1.82, 2.24) is 0 Å². The highest BCUT2D eigenvalue weighted by Crippen LogP contribution is 2.43. The molecule has 0 heterocycles. The van der Waals surface area contributed by atoms with Crippen LogP contribution in [0.1, 0.15) is 20.7 Å². The largest absolute Gasteiger partial charge is 0.505 e. The number of anilines is 1. The van der Waals surface area contributed by atoms with Gasteiger partial charge in [-0.15, -0.1) is 15.3 Å². The minimum Gasteiger partial charge on any atom is -0.505 e. The number of nitrogen functional groups attached to an aromatic ring is 1. The van der Waals surface area contributed by atoms with Crippen molar-refractivity contribution in [3.63, 3.8) is 0 Å². The monoisotopic (exact) mass is 665 g/mol. The van der Waals surface area contributed by atoms with Crippen LogP contribution in [0.5, 0.6) is 5.75 Å². The highest BCUT2D eigenvalue weighted by atomic mass is 32.2. The van der Waals surface area contributed by atoms with Crippen LogP contribution in [0.4, 0.5) is 28.4 Å². The Morgan fingerprint density at radius 2 is 1.24 bits per heavy atom. The third-order valence-corrected chi connectivity index (χ3v) is 8.25. The molecule has 0 amide bonds. The third kappa shape index (κ3) is 6.35. The normalized spacial score (nSPS) is 12.4. The van der Waals surface area contributed by atoms with Crippen LogP contribution >= 0.6 is 0 Å². The predicted octanol–water partition coefficient (Wildman–Crippen LogP) is 6.00. The van der Waals surface area contributed by atoms with E-state index < -0.39 is 53.4 Å². The van der Waals surface area contributed by atoms with Crippen molar-refractivity contribution in [1.29, 1.82) is 0 Å². The number of nitrogens with zero attached hydrogens (tertiary/aromatic N) is 4. The van der Waals surface area contributed by atoms with E-state index in [1.807, 2.05) is 0 Å². The van der Waals surface area contributed by atoms with Gasteiger partial charge in [0.15, 0.2) is 5.75 Å². The number of carboxylic acids is 2. The molecule has 0 aliphatic rings. The summed E-state index contributed by atoms with van der Waals surface area (Å²) in [5.74, 6) is -3.50. The Morgan fingerprint density at radius 1 is 0.630 bits per heavy atom. The Bertz CT molecular complexity index is 2380. The topological polar surface area (TPSA) is 279 Å². The number of rotatable bonds is 8. The zero-order valence-corrected chi connectivity index (χ0v) is 24.4. The average Bonchev–Trinajstić information content (AvgIpc) is 2.98. The molecule has 234 valence electrons. The number of hydrogen-bond acceptors (Lipinski definition) is 12. The molecule has 0 saturated carbocycles. The second kappa shape index (κ2) is 11.6. The highest BCUT2D eigenvalue weighted by Gasteiger charge is 2.22. The predicted molar refractivity (Wildman–Crippen MR) is 162 cm³/mol. The number of benzene rings is 5. The van der Waals surface area contributed by atoms with Crippen LogP contribution in [0.2, 0.25) is 0 Å². The molecule has 0 bridgehead atoms. The first-order valence-corrected chi connectivity index (χ1v) is 15.4. The number of fused-ring (bicyclic) bond motifs is 2. The molecule has 16 nitrogen and oxygen atoms in total. The second-order valence-electron chi connectivity index (χ2n) is 9.59. The first kappa shape index (κ1) is 31.6. The lowest BCUT2D eigenvalue weighted by Crippen LogP contribution is -2.01. The molecule has 0 saturated heterocycles. The highest BCUT2D eigenvalue weighted by molar-refractivity contribution is 7.86. The van der Waals surface area contributed by atoms with Gasteiger partial charge in [-0.05, 0) is 66.0 Å². The zero-order chi connectivity index (χ0) is 33.6. The van der Waals surface area contributed by atoms with Crippen molar-refractivity contribution < 1.29 is 50.8 Å². The summed E-state index contributed by atoms with van der Waals surface area (Å²) in [5, 5.41) is 45.8. The molecule has 0 unspecified atom stereocenters. The number of azo groups is 2. The number of nitrogens with two attached hydrogens (primary N) is 1. The van der Waals surface area contributed by atoms with Crippen molar-refractivity contribution in [2.24, 2.45) is 20.5 Å². The van der Waals surface area contributed by atoms with Crippen LogP contribution in [0, 0.1) is 0 Å². The lowest BCUT2D eigenvalue weighted by atomic mass is 10.1. The molecule has 18 heteroatoms. The summed E-state index contributed by atoms with van der Waals surface area (Å²) >= 11 is 0. The molecule has 0 fully saturated rings. The van der Waals surface area contributed by atoms with Crippen LogP contribution in [-0.2, 0) is 20.2 Å². The molecule has 5 rings (SSSR count). The van der Waals surface area contributed by atoms with Gasteiger partial charge in [0.05, 0.1) is 33.1 Å². The van der Waals surface area contributed by atoms with Gasteiger partial charge in [0.1, 0.15) is 10.6 Å². The van der Waals surface area contributed by atoms with Gasteiger partial charge in [-0.1, -0.05) is 12.1 Å². The summed E-state index contributed by atoms with van der Waals surface area (Å²) in [5.41, 5.74) is 4.42. The summed E-state index contributed by atoms with van der Waals surface area (Å²) in [4.78, 5) is 21.6. The van der Waals surface area contributed by atoms with Gasteiger partial charge in [-0.25, -0.2) is 9.59 Å². The van der Waals surface area contributed by atoms with Crippen LogP contribution in [0.3, 0.4) is 0 Å². The maximum absolute atomic E-state index is 12.2. The molecule has 46 heavy (non-hydrogen) atoms. The van der Waals surface area contributed by atoms with Gasteiger partial charge in [0, 0.05) is 21.8 Å². The SMILES string of the molecule is Nc1ccc2cc(S(=O)(=O)O)c(N=Nc3ccc(N=Nc4cc(C(=O)O)cc(C(=O)O)c4)c4cc(S(=O)(=O)O)ccc34)c(O)c2c1. The smallest absolute Gasteiger partial charge is 0.335 e. The maximum atomic E-state index is 12.2. The molecule has 0 spiro atoms. The van der Waals surface area contributed by atoms with E-state index in [1.165, 1.54) is 36.4 Å². The summed E-state index contributed by atoms with van der Waals surface area (Å²) in [6.07, 6.45) is 0. The second-order valence-corrected chi connectivity index (χ2v) is 12.4. The Kier molecular flexibility index (Phi) is 7.97. The van der Waals surface area contributed by atoms with Crippen molar-refractivity contribution in [2.75, 3.05) is 5.73 Å². The standard InChI is InChI=1S/C28H19N5O11S2/c29-16-2-1-13-10-24(46(42,43)44)25(26(34)20(13)11-16)33-32-22-5-6-23(21-12-18(45(39,40)41)3-4-19(21)22)31-30-17-8-14(27(35)36)7-15(9-17)28(37)38/h1-12,34H,29H2,(H,35,36)(H,37,38)(H,39,40,41)(H,42,43,44). The van der Waals surface area contributed by atoms with Crippen molar-refractivity contribution in [3.05, 3.63) is 83.9 Å². The van der Waals surface area contributed by atoms with E-state index in [1.54, 1.807) is 0 Å². The molecular weight excluding hydrogens is 646 g/mol. The molecule has 0 aliphatic heterocycles. The van der Waals surface area contributed by atoms with Crippen LogP contribution in [0.15, 0.2) is 103 Å². The van der Waals surface area contributed by atoms with Gasteiger partial charge in [-0.3, -0.25) is 9.11 Å². The number of phenols is 1. The number of aromatic hydroxyl groups is 1. The van der Waals surface area contributed by atoms with Crippen LogP contribution in [0.25, 0.3) is 21.5 Å². The summed E-state index contributed by atoms with van der Waals surface area (Å²) in [6, 6.07) is 14.2. The Balaban J connectivity index is 1.69. The van der Waals surface area contributed by atoms with Crippen LogP contribution < -0.4 is 5.73 Å². The fourth-order valence-electron chi connectivity index (χ4n) is 4.41. The lowest BCUT2D eigenvalue weighted by molar-refractivity contribution is 0.0696. The minimum atomic E-state index is -4.92. The summed E-state index contributed by atoms with van der Waals surface area (Å²) in [7, 11) is -9.65. The molecule has 5 aromatic rings. The number of carbonyl (C=O) groups is 2. The molecule has 0 atom stereocenters. The molecular formula is C28H19N5O11S2. The average molecular weight is 666 g/mol. The van der Waals surface area contributed by atoms with Gasteiger partial charge in [0.25, 0.3) is 20.2 Å². The van der Waals surface area contributed by atoms with E-state index >= 15 is 0 Å². The summed E-state index contributed by atoms with van der Waals surface area (Å²) < 4.78 is 67.6. The quantitative estimate of drug-likeness (QED) is 0.0632. The third-order valence-electron chi connectivity index (χ3n) is 6.54.